The van der Waals surface area contributed by atoms with E-state index in [1.54, 1.807) is 6.08 Å². The second-order valence-corrected chi connectivity index (χ2v) is 4.60. The number of carbonyl (C=O) groups is 1. The molecule has 1 N–H and O–H groups in total. The molecule has 0 heterocycles. The predicted molar refractivity (Wildman–Crippen MR) is 72.7 cm³/mol. The molecule has 0 spiro atoms. The average molecular weight is 245 g/mol. The molecule has 0 aliphatic heterocycles. The van der Waals surface area contributed by atoms with E-state index in [0.717, 1.165) is 24.3 Å². The molecule has 1 fully saturated rings. The van der Waals surface area contributed by atoms with E-state index in [4.69, 9.17) is 4.74 Å². The molecule has 1 aromatic carbocycles. The van der Waals surface area contributed by atoms with Crippen LogP contribution >= 0.6 is 0 Å². The Morgan fingerprint density at radius 3 is 2.94 bits per heavy atom. The van der Waals surface area contributed by atoms with Crippen LogP contribution in [0.5, 0.6) is 5.75 Å². The van der Waals surface area contributed by atoms with E-state index in [-0.39, 0.29) is 11.8 Å². The van der Waals surface area contributed by atoms with Crippen molar-refractivity contribution in [3.8, 4) is 5.75 Å². The minimum absolute atomic E-state index is 0.133. The first-order valence-electron chi connectivity index (χ1n) is 6.44. The third-order valence-corrected chi connectivity index (χ3v) is 3.20. The summed E-state index contributed by atoms with van der Waals surface area (Å²) < 4.78 is 5.43. The van der Waals surface area contributed by atoms with Crippen molar-refractivity contribution in [1.82, 2.24) is 0 Å². The number of anilines is 1. The maximum Gasteiger partial charge on any atom is 0.227 e. The Morgan fingerprint density at radius 2 is 2.22 bits per heavy atom. The van der Waals surface area contributed by atoms with Crippen LogP contribution in [0.15, 0.2) is 36.9 Å². The summed E-state index contributed by atoms with van der Waals surface area (Å²) in [4.78, 5) is 12.0. The van der Waals surface area contributed by atoms with Crippen LogP contribution in [0.2, 0.25) is 0 Å². The topological polar surface area (TPSA) is 38.3 Å². The van der Waals surface area contributed by atoms with Gasteiger partial charge >= 0.3 is 0 Å². The molecule has 3 heteroatoms. The summed E-state index contributed by atoms with van der Waals surface area (Å²) in [7, 11) is 0. The maximum atomic E-state index is 12.0. The molecule has 1 amide bonds. The van der Waals surface area contributed by atoms with Gasteiger partial charge in [0.25, 0.3) is 0 Å². The molecular weight excluding hydrogens is 226 g/mol. The molecule has 0 radical (unpaired) electrons. The molecule has 18 heavy (non-hydrogen) atoms. The molecule has 0 aromatic heterocycles. The fourth-order valence-corrected chi connectivity index (χ4v) is 2.25. The average Bonchev–Trinajstić information content (AvgIpc) is 2.91. The number of nitrogens with one attached hydrogen (secondary N) is 1. The van der Waals surface area contributed by atoms with E-state index >= 15 is 0 Å². The van der Waals surface area contributed by atoms with Crippen LogP contribution in [0, 0.1) is 5.92 Å². The molecule has 0 atom stereocenters. The van der Waals surface area contributed by atoms with E-state index < -0.39 is 0 Å². The first-order valence-corrected chi connectivity index (χ1v) is 6.44. The predicted octanol–water partition coefficient (Wildman–Crippen LogP) is 3.38. The lowest BCUT2D eigenvalue weighted by atomic mass is 10.1. The number of hydrogen-bond acceptors (Lipinski definition) is 2. The van der Waals surface area contributed by atoms with Crippen molar-refractivity contribution in [3.63, 3.8) is 0 Å². The lowest BCUT2D eigenvalue weighted by Gasteiger charge is -2.11. The van der Waals surface area contributed by atoms with Crippen LogP contribution < -0.4 is 10.1 Å². The number of ether oxygens (including phenoxy) is 1. The molecule has 0 unspecified atom stereocenters. The highest BCUT2D eigenvalue weighted by Gasteiger charge is 2.22. The number of benzene rings is 1. The van der Waals surface area contributed by atoms with E-state index in [1.807, 2.05) is 24.3 Å². The van der Waals surface area contributed by atoms with Gasteiger partial charge in [-0.3, -0.25) is 4.79 Å². The van der Waals surface area contributed by atoms with Crippen molar-refractivity contribution in [2.24, 2.45) is 5.92 Å². The minimum Gasteiger partial charge on any atom is -0.489 e. The monoisotopic (exact) mass is 245 g/mol. The summed E-state index contributed by atoms with van der Waals surface area (Å²) in [6.45, 7) is 4.08. The third kappa shape index (κ3) is 3.36. The van der Waals surface area contributed by atoms with Crippen molar-refractivity contribution in [1.29, 1.82) is 0 Å². The molecule has 1 aliphatic rings. The van der Waals surface area contributed by atoms with E-state index in [0.29, 0.717) is 6.61 Å². The molecular formula is C15H19NO2. The van der Waals surface area contributed by atoms with E-state index in [2.05, 4.69) is 11.9 Å². The van der Waals surface area contributed by atoms with Crippen molar-refractivity contribution < 1.29 is 9.53 Å². The molecule has 0 bridgehead atoms. The Bertz CT molecular complexity index is 422. The highest BCUT2D eigenvalue weighted by molar-refractivity contribution is 5.92. The molecule has 0 saturated heterocycles. The fourth-order valence-electron chi connectivity index (χ4n) is 2.25. The van der Waals surface area contributed by atoms with Gasteiger partial charge in [0, 0.05) is 17.7 Å². The van der Waals surface area contributed by atoms with Gasteiger partial charge in [-0.25, -0.2) is 0 Å². The van der Waals surface area contributed by atoms with E-state index in [1.165, 1.54) is 12.8 Å². The number of amides is 1. The largest absolute Gasteiger partial charge is 0.489 e. The normalized spacial score (nSPS) is 15.3. The van der Waals surface area contributed by atoms with Crippen LogP contribution in [0.3, 0.4) is 0 Å². The maximum absolute atomic E-state index is 12.0. The summed E-state index contributed by atoms with van der Waals surface area (Å²) in [5.74, 6) is 1.07. The van der Waals surface area contributed by atoms with Gasteiger partial charge in [0.15, 0.2) is 0 Å². The molecule has 2 rings (SSSR count). The number of rotatable bonds is 5. The second-order valence-electron chi connectivity index (χ2n) is 4.60. The minimum atomic E-state index is 0.133. The Labute approximate surface area is 108 Å². The van der Waals surface area contributed by atoms with E-state index in [9.17, 15) is 4.79 Å². The fraction of sp³-hybridized carbons (Fsp3) is 0.400. The number of hydrogen-bond donors (Lipinski definition) is 1. The lowest BCUT2D eigenvalue weighted by molar-refractivity contribution is -0.119. The SMILES string of the molecule is C=CCOc1cccc(NC(=O)C2CCCC2)c1. The smallest absolute Gasteiger partial charge is 0.227 e. The van der Waals surface area contributed by atoms with Crippen molar-refractivity contribution in [3.05, 3.63) is 36.9 Å². The highest BCUT2D eigenvalue weighted by Crippen LogP contribution is 2.26. The van der Waals surface area contributed by atoms with Gasteiger partial charge in [-0.05, 0) is 25.0 Å². The zero-order chi connectivity index (χ0) is 12.8. The zero-order valence-electron chi connectivity index (χ0n) is 10.5. The summed E-state index contributed by atoms with van der Waals surface area (Å²) in [5.41, 5.74) is 0.800. The van der Waals surface area contributed by atoms with Gasteiger partial charge in [0.05, 0.1) is 0 Å². The van der Waals surface area contributed by atoms with Crippen molar-refractivity contribution in [2.45, 2.75) is 25.7 Å². The van der Waals surface area contributed by atoms with Crippen molar-refractivity contribution in [2.75, 3.05) is 11.9 Å². The Morgan fingerprint density at radius 1 is 1.44 bits per heavy atom. The van der Waals surface area contributed by atoms with Crippen molar-refractivity contribution >= 4 is 11.6 Å². The van der Waals surface area contributed by atoms with Crippen LogP contribution in [0.1, 0.15) is 25.7 Å². The van der Waals surface area contributed by atoms with Gasteiger partial charge in [-0.15, -0.1) is 0 Å². The second kappa shape index (κ2) is 6.24. The zero-order valence-corrected chi connectivity index (χ0v) is 10.5. The van der Waals surface area contributed by atoms with Crippen LogP contribution in [0.4, 0.5) is 5.69 Å². The first kappa shape index (κ1) is 12.7. The van der Waals surface area contributed by atoms with Crippen LogP contribution in [-0.4, -0.2) is 12.5 Å². The summed E-state index contributed by atoms with van der Waals surface area (Å²) in [6, 6.07) is 7.47. The lowest BCUT2D eigenvalue weighted by Crippen LogP contribution is -2.20. The molecule has 1 aromatic rings. The number of carbonyl (C=O) groups excluding carboxylic acids is 1. The Hall–Kier alpha value is -1.77. The molecule has 96 valence electrons. The third-order valence-electron chi connectivity index (χ3n) is 3.20. The van der Waals surface area contributed by atoms with Gasteiger partial charge in [0.2, 0.25) is 5.91 Å². The highest BCUT2D eigenvalue weighted by atomic mass is 16.5. The Balaban J connectivity index is 1.95. The summed E-state index contributed by atoms with van der Waals surface area (Å²) in [5, 5.41) is 2.96. The summed E-state index contributed by atoms with van der Waals surface area (Å²) >= 11 is 0. The first-order chi connectivity index (χ1) is 8.79. The van der Waals surface area contributed by atoms with Gasteiger partial charge in [-0.1, -0.05) is 31.6 Å². The van der Waals surface area contributed by atoms with Gasteiger partial charge in [-0.2, -0.15) is 0 Å². The quantitative estimate of drug-likeness (QED) is 0.808. The van der Waals surface area contributed by atoms with Gasteiger partial charge in [0.1, 0.15) is 12.4 Å². The molecule has 1 saturated carbocycles. The Kier molecular flexibility index (Phi) is 4.40. The molecule has 1 aliphatic carbocycles. The summed E-state index contributed by atoms with van der Waals surface area (Å²) in [6.07, 6.45) is 6.06. The van der Waals surface area contributed by atoms with Gasteiger partial charge < -0.3 is 10.1 Å². The van der Waals surface area contributed by atoms with Crippen LogP contribution in [-0.2, 0) is 4.79 Å². The van der Waals surface area contributed by atoms with Crippen LogP contribution in [0.25, 0.3) is 0 Å². The molecule has 3 nitrogen and oxygen atoms in total. The standard InChI is InChI=1S/C15H19NO2/c1-2-10-18-14-9-5-8-13(11-14)16-15(17)12-6-3-4-7-12/h2,5,8-9,11-12H,1,3-4,6-7,10H2,(H,16,17).